The zero-order valence-electron chi connectivity index (χ0n) is 8.98. The van der Waals surface area contributed by atoms with Gasteiger partial charge in [-0.25, -0.2) is 0 Å². The van der Waals surface area contributed by atoms with Crippen LogP contribution in [0.4, 0.5) is 0 Å². The molecule has 0 nitrogen and oxygen atoms in total. The Labute approximate surface area is 82.0 Å². The lowest BCUT2D eigenvalue weighted by molar-refractivity contribution is 0.789. The fourth-order valence-electron chi connectivity index (χ4n) is 1.80. The third-order valence-corrected chi connectivity index (χ3v) is 2.49. The van der Waals surface area contributed by atoms with Crippen molar-refractivity contribution in [1.29, 1.82) is 0 Å². The molecule has 0 amide bonds. The maximum Gasteiger partial charge on any atom is -0.0235 e. The molecule has 0 unspecified atom stereocenters. The molecule has 71 valence electrons. The van der Waals surface area contributed by atoms with Crippen LogP contribution >= 0.6 is 0 Å². The van der Waals surface area contributed by atoms with E-state index in [2.05, 4.69) is 39.8 Å². The van der Waals surface area contributed by atoms with Crippen molar-refractivity contribution in [3.8, 4) is 0 Å². The first kappa shape index (κ1) is 10.3. The van der Waals surface area contributed by atoms with E-state index in [1.54, 1.807) is 0 Å². The summed E-state index contributed by atoms with van der Waals surface area (Å²) in [5, 5.41) is 0. The number of unbranched alkanes of at least 4 members (excludes halogenated alkanes) is 1. The molecular weight excluding hydrogens is 156 g/mol. The van der Waals surface area contributed by atoms with Crippen molar-refractivity contribution in [2.75, 3.05) is 0 Å². The third kappa shape index (κ3) is 2.58. The Bertz CT molecular complexity index is 261. The Hall–Kier alpha value is -0.780. The topological polar surface area (TPSA) is 0 Å². The third-order valence-electron chi connectivity index (χ3n) is 2.49. The van der Waals surface area contributed by atoms with E-state index in [9.17, 15) is 0 Å². The largest absolute Gasteiger partial charge is 0.0654 e. The summed E-state index contributed by atoms with van der Waals surface area (Å²) in [6.07, 6.45) is 3.71. The van der Waals surface area contributed by atoms with Gasteiger partial charge < -0.3 is 0 Å². The van der Waals surface area contributed by atoms with E-state index in [1.165, 1.54) is 41.5 Å². The molecule has 0 saturated heterocycles. The van der Waals surface area contributed by atoms with E-state index in [-0.39, 0.29) is 0 Å². The van der Waals surface area contributed by atoms with Crippen LogP contribution in [0.1, 0.15) is 42.0 Å². The summed E-state index contributed by atoms with van der Waals surface area (Å²) in [6, 6.07) is 4.43. The zero-order chi connectivity index (χ0) is 9.84. The lowest BCUT2D eigenvalue weighted by Crippen LogP contribution is -1.94. The normalized spacial score (nSPS) is 10.5. The maximum atomic E-state index is 4.10. The highest BCUT2D eigenvalue weighted by molar-refractivity contribution is 5.39. The minimum absolute atomic E-state index is 1.18. The van der Waals surface area contributed by atoms with Gasteiger partial charge in [-0.15, -0.1) is 0 Å². The second-order valence-corrected chi connectivity index (χ2v) is 3.82. The number of rotatable bonds is 3. The second-order valence-electron chi connectivity index (χ2n) is 3.82. The van der Waals surface area contributed by atoms with Gasteiger partial charge in [-0.1, -0.05) is 31.0 Å². The average Bonchev–Trinajstić information content (AvgIpc) is 2.02. The van der Waals surface area contributed by atoms with Gasteiger partial charge in [-0.2, -0.15) is 0 Å². The predicted octanol–water partition coefficient (Wildman–Crippen LogP) is 3.83. The van der Waals surface area contributed by atoms with E-state index in [0.717, 1.165) is 0 Å². The summed E-state index contributed by atoms with van der Waals surface area (Å²) >= 11 is 0. The standard InChI is InChI=1S/C13H19/c1-5-6-7-13-11(3)8-10(2)9-12(13)4/h8-9H,3,5-7H2,1-2,4H3. The average molecular weight is 175 g/mol. The number of hydrogen-bond acceptors (Lipinski definition) is 0. The summed E-state index contributed by atoms with van der Waals surface area (Å²) in [6.45, 7) is 10.6. The van der Waals surface area contributed by atoms with Crippen LogP contribution in [0, 0.1) is 20.8 Å². The van der Waals surface area contributed by atoms with Crippen molar-refractivity contribution < 1.29 is 0 Å². The Morgan fingerprint density at radius 2 is 1.92 bits per heavy atom. The minimum Gasteiger partial charge on any atom is -0.0654 e. The molecule has 0 bridgehead atoms. The molecule has 1 rings (SSSR count). The van der Waals surface area contributed by atoms with Gasteiger partial charge in [0.05, 0.1) is 0 Å². The van der Waals surface area contributed by atoms with Gasteiger partial charge in [0.1, 0.15) is 0 Å². The number of benzene rings is 1. The van der Waals surface area contributed by atoms with Crippen molar-refractivity contribution in [3.05, 3.63) is 41.3 Å². The minimum atomic E-state index is 1.18. The Morgan fingerprint density at radius 3 is 2.46 bits per heavy atom. The molecule has 0 fully saturated rings. The molecule has 0 heteroatoms. The van der Waals surface area contributed by atoms with E-state index in [0.29, 0.717) is 0 Å². The first-order valence-corrected chi connectivity index (χ1v) is 5.07. The van der Waals surface area contributed by atoms with E-state index < -0.39 is 0 Å². The van der Waals surface area contributed by atoms with E-state index in [4.69, 9.17) is 0 Å². The smallest absolute Gasteiger partial charge is 0.0235 e. The molecule has 13 heavy (non-hydrogen) atoms. The molecule has 0 heterocycles. The first-order valence-electron chi connectivity index (χ1n) is 5.07. The van der Waals surface area contributed by atoms with Crippen LogP contribution < -0.4 is 0 Å². The molecule has 1 aromatic rings. The lowest BCUT2D eigenvalue weighted by Gasteiger charge is -2.10. The zero-order valence-corrected chi connectivity index (χ0v) is 8.98. The van der Waals surface area contributed by atoms with Crippen LogP contribution in [0.25, 0.3) is 0 Å². The Kier molecular flexibility index (Phi) is 3.53. The predicted molar refractivity (Wildman–Crippen MR) is 59.0 cm³/mol. The SMILES string of the molecule is [CH2]c1cc(C)cc(C)c1CCCC. The van der Waals surface area contributed by atoms with Crippen LogP contribution in [0.15, 0.2) is 12.1 Å². The van der Waals surface area contributed by atoms with Gasteiger partial charge in [0.2, 0.25) is 0 Å². The number of hydrogen-bond donors (Lipinski definition) is 0. The summed E-state index contributed by atoms with van der Waals surface area (Å²) in [5.74, 6) is 0. The van der Waals surface area contributed by atoms with Gasteiger partial charge >= 0.3 is 0 Å². The van der Waals surface area contributed by atoms with Crippen LogP contribution in [0.2, 0.25) is 0 Å². The molecule has 1 aromatic carbocycles. The molecular formula is C13H19. The molecule has 0 aliphatic heterocycles. The van der Waals surface area contributed by atoms with Crippen molar-refractivity contribution >= 4 is 0 Å². The molecule has 0 spiro atoms. The van der Waals surface area contributed by atoms with Crippen molar-refractivity contribution in [2.24, 2.45) is 0 Å². The van der Waals surface area contributed by atoms with Gasteiger partial charge in [0.15, 0.2) is 0 Å². The molecule has 0 aromatic heterocycles. The lowest BCUT2D eigenvalue weighted by atomic mass is 9.96. The highest BCUT2D eigenvalue weighted by Gasteiger charge is 2.02. The monoisotopic (exact) mass is 175 g/mol. The van der Waals surface area contributed by atoms with Crippen LogP contribution in [0.5, 0.6) is 0 Å². The van der Waals surface area contributed by atoms with Crippen LogP contribution in [-0.2, 0) is 6.42 Å². The fourth-order valence-corrected chi connectivity index (χ4v) is 1.80. The maximum absolute atomic E-state index is 4.10. The van der Waals surface area contributed by atoms with Gasteiger partial charge in [0, 0.05) is 0 Å². The summed E-state index contributed by atoms with van der Waals surface area (Å²) in [4.78, 5) is 0. The van der Waals surface area contributed by atoms with Gasteiger partial charge in [-0.3, -0.25) is 0 Å². The quantitative estimate of drug-likeness (QED) is 0.655. The van der Waals surface area contributed by atoms with E-state index in [1.807, 2.05) is 0 Å². The van der Waals surface area contributed by atoms with Gasteiger partial charge in [-0.05, 0) is 50.3 Å². The summed E-state index contributed by atoms with van der Waals surface area (Å²) in [7, 11) is 0. The van der Waals surface area contributed by atoms with Crippen LogP contribution in [-0.4, -0.2) is 0 Å². The molecule has 0 saturated carbocycles. The summed E-state index contributed by atoms with van der Waals surface area (Å²) < 4.78 is 0. The van der Waals surface area contributed by atoms with E-state index >= 15 is 0 Å². The highest BCUT2D eigenvalue weighted by atomic mass is 14.1. The molecule has 0 N–H and O–H groups in total. The van der Waals surface area contributed by atoms with Crippen LogP contribution in [0.3, 0.4) is 0 Å². The Morgan fingerprint density at radius 1 is 1.23 bits per heavy atom. The van der Waals surface area contributed by atoms with Crippen molar-refractivity contribution in [3.63, 3.8) is 0 Å². The van der Waals surface area contributed by atoms with Crippen molar-refractivity contribution in [1.82, 2.24) is 0 Å². The van der Waals surface area contributed by atoms with Crippen molar-refractivity contribution in [2.45, 2.75) is 40.0 Å². The molecule has 0 atom stereocenters. The molecule has 1 radical (unpaired) electrons. The highest BCUT2D eigenvalue weighted by Crippen LogP contribution is 2.18. The fraction of sp³-hybridized carbons (Fsp3) is 0.462. The summed E-state index contributed by atoms with van der Waals surface area (Å²) in [5.41, 5.74) is 5.39. The Balaban J connectivity index is 2.92. The first-order chi connectivity index (χ1) is 6.15. The molecule has 0 aliphatic carbocycles. The number of aryl methyl sites for hydroxylation is 2. The van der Waals surface area contributed by atoms with Gasteiger partial charge in [0.25, 0.3) is 0 Å². The molecule has 0 aliphatic rings. The second kappa shape index (κ2) is 4.45.